The molecule has 0 bridgehead atoms. The summed E-state index contributed by atoms with van der Waals surface area (Å²) in [5.41, 5.74) is 4.78. The second-order valence-electron chi connectivity index (χ2n) is 7.17. The summed E-state index contributed by atoms with van der Waals surface area (Å²) < 4.78 is 10.6. The van der Waals surface area contributed by atoms with E-state index in [9.17, 15) is 4.79 Å². The number of anilines is 1. The number of carbonyl (C=O) groups is 1. The van der Waals surface area contributed by atoms with E-state index in [1.165, 1.54) is 6.08 Å². The molecule has 4 rings (SSSR count). The smallest absolute Gasteiger partial charge is 0.248 e. The first-order chi connectivity index (χ1) is 15.6. The van der Waals surface area contributed by atoms with E-state index >= 15 is 0 Å². The highest BCUT2D eigenvalue weighted by Gasteiger charge is 2.10. The third kappa shape index (κ3) is 4.78. The predicted octanol–water partition coefficient (Wildman–Crippen LogP) is 4.79. The summed E-state index contributed by atoms with van der Waals surface area (Å²) in [7, 11) is 1.62. The van der Waals surface area contributed by atoms with Crippen molar-refractivity contribution in [3.05, 3.63) is 77.9 Å². The molecular weight excluding hydrogens is 404 g/mol. The second-order valence-corrected chi connectivity index (χ2v) is 7.17. The van der Waals surface area contributed by atoms with Crippen LogP contribution in [0, 0.1) is 6.92 Å². The molecular formula is C25H24N4O3. The molecule has 1 aromatic heterocycles. The normalized spacial score (nSPS) is 11.1. The van der Waals surface area contributed by atoms with Crippen LogP contribution in [0.25, 0.3) is 22.8 Å². The molecule has 0 aliphatic heterocycles. The van der Waals surface area contributed by atoms with Gasteiger partial charge in [0.1, 0.15) is 22.5 Å². The topological polar surface area (TPSA) is 78.3 Å². The highest BCUT2D eigenvalue weighted by Crippen LogP contribution is 2.23. The summed E-state index contributed by atoms with van der Waals surface area (Å²) in [6.07, 6.45) is 3.26. The van der Waals surface area contributed by atoms with Gasteiger partial charge in [-0.3, -0.25) is 4.79 Å². The highest BCUT2D eigenvalue weighted by molar-refractivity contribution is 6.03. The number of ether oxygens (including phenoxy) is 2. The number of nitrogens with zero attached hydrogens (tertiary/aromatic N) is 3. The molecule has 0 saturated heterocycles. The van der Waals surface area contributed by atoms with Gasteiger partial charge < -0.3 is 14.8 Å². The van der Waals surface area contributed by atoms with Crippen molar-refractivity contribution in [2.75, 3.05) is 19.0 Å². The van der Waals surface area contributed by atoms with Crippen molar-refractivity contribution in [3.8, 4) is 17.2 Å². The van der Waals surface area contributed by atoms with Crippen LogP contribution in [0.15, 0.2) is 66.7 Å². The molecule has 1 amide bonds. The van der Waals surface area contributed by atoms with Gasteiger partial charge in [-0.25, -0.2) is 0 Å². The predicted molar refractivity (Wildman–Crippen MR) is 125 cm³/mol. The largest absolute Gasteiger partial charge is 0.497 e. The minimum absolute atomic E-state index is 0.220. The Morgan fingerprint density at radius 3 is 2.31 bits per heavy atom. The molecule has 0 atom stereocenters. The number of nitrogens with one attached hydrogen (secondary N) is 1. The standard InChI is InChI=1S/C25H24N4O3/c1-4-32-21-12-8-19(9-13-21)29-27-23-15-17(2)22(16-24(23)28-29)26-25(30)14-7-18-5-10-20(31-3)11-6-18/h5-16H,4H2,1-3H3,(H,26,30)/b14-7+. The van der Waals surface area contributed by atoms with Crippen molar-refractivity contribution >= 4 is 28.7 Å². The van der Waals surface area contributed by atoms with Crippen LogP contribution >= 0.6 is 0 Å². The number of carbonyl (C=O) groups excluding carboxylic acids is 1. The Hall–Kier alpha value is -4.13. The van der Waals surface area contributed by atoms with Crippen molar-refractivity contribution in [1.29, 1.82) is 0 Å². The molecule has 0 fully saturated rings. The fourth-order valence-electron chi connectivity index (χ4n) is 3.22. The van der Waals surface area contributed by atoms with Gasteiger partial charge in [-0.15, -0.1) is 10.2 Å². The molecule has 1 N–H and O–H groups in total. The summed E-state index contributed by atoms with van der Waals surface area (Å²) >= 11 is 0. The first kappa shape index (κ1) is 21.1. The van der Waals surface area contributed by atoms with Crippen molar-refractivity contribution in [1.82, 2.24) is 15.0 Å². The number of fused-ring (bicyclic) bond motifs is 1. The van der Waals surface area contributed by atoms with Crippen LogP contribution in [0.1, 0.15) is 18.1 Å². The van der Waals surface area contributed by atoms with Gasteiger partial charge >= 0.3 is 0 Å². The van der Waals surface area contributed by atoms with Crippen LogP contribution in [-0.4, -0.2) is 34.6 Å². The molecule has 0 spiro atoms. The molecule has 0 saturated carbocycles. The van der Waals surface area contributed by atoms with E-state index in [0.717, 1.165) is 33.8 Å². The second kappa shape index (κ2) is 9.34. The molecule has 7 nitrogen and oxygen atoms in total. The third-order valence-electron chi connectivity index (χ3n) is 4.91. The van der Waals surface area contributed by atoms with Crippen LogP contribution in [0.2, 0.25) is 0 Å². The lowest BCUT2D eigenvalue weighted by Crippen LogP contribution is -2.08. The lowest BCUT2D eigenvalue weighted by Gasteiger charge is -2.05. The lowest BCUT2D eigenvalue weighted by atomic mass is 10.1. The third-order valence-corrected chi connectivity index (χ3v) is 4.91. The van der Waals surface area contributed by atoms with Crippen molar-refractivity contribution in [3.63, 3.8) is 0 Å². The molecule has 0 unspecified atom stereocenters. The molecule has 7 heteroatoms. The molecule has 0 radical (unpaired) electrons. The maximum atomic E-state index is 12.4. The van der Waals surface area contributed by atoms with Crippen molar-refractivity contribution in [2.45, 2.75) is 13.8 Å². The van der Waals surface area contributed by atoms with E-state index in [1.807, 2.05) is 74.5 Å². The Morgan fingerprint density at radius 2 is 1.66 bits per heavy atom. The Morgan fingerprint density at radius 1 is 1.00 bits per heavy atom. The minimum atomic E-state index is -0.220. The van der Waals surface area contributed by atoms with Crippen LogP contribution in [0.5, 0.6) is 11.5 Å². The van der Waals surface area contributed by atoms with Gasteiger partial charge in [0.15, 0.2) is 0 Å². The average molecular weight is 428 g/mol. The number of rotatable bonds is 7. The van der Waals surface area contributed by atoms with Gasteiger partial charge in [0, 0.05) is 11.8 Å². The van der Waals surface area contributed by atoms with E-state index in [2.05, 4.69) is 15.5 Å². The van der Waals surface area contributed by atoms with Gasteiger partial charge in [0.25, 0.3) is 0 Å². The zero-order valence-corrected chi connectivity index (χ0v) is 18.2. The molecule has 32 heavy (non-hydrogen) atoms. The monoisotopic (exact) mass is 428 g/mol. The van der Waals surface area contributed by atoms with Crippen molar-refractivity contribution < 1.29 is 14.3 Å². The maximum Gasteiger partial charge on any atom is 0.248 e. The summed E-state index contributed by atoms with van der Waals surface area (Å²) in [6, 6.07) is 18.8. The minimum Gasteiger partial charge on any atom is -0.497 e. The van der Waals surface area contributed by atoms with Gasteiger partial charge in [0.05, 0.1) is 19.4 Å². The molecule has 162 valence electrons. The number of aromatic nitrogens is 3. The number of hydrogen-bond acceptors (Lipinski definition) is 5. The number of amides is 1. The molecule has 0 aliphatic rings. The van der Waals surface area contributed by atoms with Crippen LogP contribution in [-0.2, 0) is 4.79 Å². The fourth-order valence-corrected chi connectivity index (χ4v) is 3.22. The zero-order valence-electron chi connectivity index (χ0n) is 18.2. The summed E-state index contributed by atoms with van der Waals surface area (Å²) in [5.74, 6) is 1.35. The average Bonchev–Trinajstić information content (AvgIpc) is 3.21. The van der Waals surface area contributed by atoms with Crippen molar-refractivity contribution in [2.24, 2.45) is 0 Å². The van der Waals surface area contributed by atoms with Crippen LogP contribution < -0.4 is 14.8 Å². The van der Waals surface area contributed by atoms with E-state index in [0.29, 0.717) is 17.8 Å². The van der Waals surface area contributed by atoms with Gasteiger partial charge in [-0.05, 0) is 79.6 Å². The van der Waals surface area contributed by atoms with Gasteiger partial charge in [-0.2, -0.15) is 4.80 Å². The number of aryl methyl sites for hydroxylation is 1. The van der Waals surface area contributed by atoms with Crippen LogP contribution in [0.3, 0.4) is 0 Å². The molecule has 1 heterocycles. The summed E-state index contributed by atoms with van der Waals surface area (Å²) in [4.78, 5) is 14.0. The fraction of sp³-hybridized carbons (Fsp3) is 0.160. The van der Waals surface area contributed by atoms with Gasteiger partial charge in [-0.1, -0.05) is 12.1 Å². The Bertz CT molecular complexity index is 1260. The summed E-state index contributed by atoms with van der Waals surface area (Å²) in [6.45, 7) is 4.49. The van der Waals surface area contributed by atoms with E-state index in [4.69, 9.17) is 9.47 Å². The first-order valence-electron chi connectivity index (χ1n) is 10.3. The Kier molecular flexibility index (Phi) is 6.17. The Balaban J connectivity index is 1.50. The molecule has 4 aromatic rings. The quantitative estimate of drug-likeness (QED) is 0.428. The molecule has 0 aliphatic carbocycles. The zero-order chi connectivity index (χ0) is 22.5. The van der Waals surface area contributed by atoms with E-state index in [1.54, 1.807) is 18.0 Å². The first-order valence-corrected chi connectivity index (χ1v) is 10.3. The van der Waals surface area contributed by atoms with Crippen LogP contribution in [0.4, 0.5) is 5.69 Å². The lowest BCUT2D eigenvalue weighted by molar-refractivity contribution is -0.111. The molecule has 3 aromatic carbocycles. The maximum absolute atomic E-state index is 12.4. The highest BCUT2D eigenvalue weighted by atomic mass is 16.5. The SMILES string of the molecule is CCOc1ccc(-n2nc3cc(C)c(NC(=O)/C=C/c4ccc(OC)cc4)cc3n2)cc1. The number of hydrogen-bond donors (Lipinski definition) is 1. The number of methoxy groups -OCH3 is 1. The van der Waals surface area contributed by atoms with Gasteiger partial charge in [0.2, 0.25) is 5.91 Å². The summed E-state index contributed by atoms with van der Waals surface area (Å²) in [5, 5.41) is 12.0. The van der Waals surface area contributed by atoms with E-state index < -0.39 is 0 Å². The van der Waals surface area contributed by atoms with E-state index in [-0.39, 0.29) is 5.91 Å². The Labute approximate surface area is 186 Å². The number of benzene rings is 3.